The summed E-state index contributed by atoms with van der Waals surface area (Å²) in [5, 5.41) is 2.82. The van der Waals surface area contributed by atoms with Crippen LogP contribution in [0.3, 0.4) is 0 Å². The Morgan fingerprint density at radius 1 is 1.24 bits per heavy atom. The van der Waals surface area contributed by atoms with Crippen molar-refractivity contribution in [3.05, 3.63) is 58.6 Å². The summed E-state index contributed by atoms with van der Waals surface area (Å²) in [6.45, 7) is 0. The summed E-state index contributed by atoms with van der Waals surface area (Å²) >= 11 is 0. The highest BCUT2D eigenvalue weighted by Gasteiger charge is 2.27. The van der Waals surface area contributed by atoms with Gasteiger partial charge in [-0.15, -0.1) is 0 Å². The van der Waals surface area contributed by atoms with Crippen LogP contribution in [0.1, 0.15) is 23.3 Å². The van der Waals surface area contributed by atoms with Crippen molar-refractivity contribution in [2.75, 3.05) is 7.11 Å². The minimum atomic E-state index is -0.491. The fourth-order valence-electron chi connectivity index (χ4n) is 2.62. The number of aromatic nitrogens is 3. The second-order valence-corrected chi connectivity index (χ2v) is 5.89. The summed E-state index contributed by atoms with van der Waals surface area (Å²) in [6.07, 6.45) is 3.47. The molecule has 7 heteroatoms. The van der Waals surface area contributed by atoms with Gasteiger partial charge in [-0.3, -0.25) is 14.2 Å². The number of hydrogen-bond acceptors (Lipinski definition) is 5. The summed E-state index contributed by atoms with van der Waals surface area (Å²) in [5.74, 6) is 0.232. The van der Waals surface area contributed by atoms with Gasteiger partial charge in [-0.25, -0.2) is 9.97 Å². The van der Waals surface area contributed by atoms with E-state index in [1.807, 2.05) is 0 Å². The van der Waals surface area contributed by atoms with E-state index in [2.05, 4.69) is 15.3 Å². The summed E-state index contributed by atoms with van der Waals surface area (Å²) in [4.78, 5) is 33.9. The number of ether oxygens (including phenoxy) is 1. The Morgan fingerprint density at radius 2 is 2.00 bits per heavy atom. The van der Waals surface area contributed by atoms with Gasteiger partial charge in [-0.1, -0.05) is 0 Å². The highest BCUT2D eigenvalue weighted by Crippen LogP contribution is 2.20. The average Bonchev–Trinajstić information content (AvgIpc) is 3.45. The summed E-state index contributed by atoms with van der Waals surface area (Å²) < 4.78 is 6.56. The smallest absolute Gasteiger partial charge is 0.288 e. The van der Waals surface area contributed by atoms with E-state index < -0.39 is 11.5 Å². The van der Waals surface area contributed by atoms with Gasteiger partial charge in [0.1, 0.15) is 11.3 Å². The van der Waals surface area contributed by atoms with E-state index >= 15 is 0 Å². The third kappa shape index (κ3) is 2.84. The van der Waals surface area contributed by atoms with Gasteiger partial charge in [0.15, 0.2) is 11.3 Å². The van der Waals surface area contributed by atoms with Crippen molar-refractivity contribution in [3.63, 3.8) is 0 Å². The molecule has 1 N–H and O–H groups in total. The SMILES string of the molecule is COc1ccc(-n2c(=O)c(C(=O)NC3CC3)nc3cccnc32)cc1. The zero-order chi connectivity index (χ0) is 17.4. The molecule has 0 unspecified atom stereocenters. The van der Waals surface area contributed by atoms with Crippen LogP contribution < -0.4 is 15.6 Å². The van der Waals surface area contributed by atoms with Crippen LogP contribution in [0.15, 0.2) is 47.4 Å². The van der Waals surface area contributed by atoms with E-state index in [0.717, 1.165) is 12.8 Å². The van der Waals surface area contributed by atoms with Gasteiger partial charge in [0.05, 0.1) is 12.8 Å². The van der Waals surface area contributed by atoms with Crippen LogP contribution in [0.5, 0.6) is 5.75 Å². The lowest BCUT2D eigenvalue weighted by molar-refractivity contribution is 0.0944. The van der Waals surface area contributed by atoms with E-state index in [9.17, 15) is 9.59 Å². The van der Waals surface area contributed by atoms with Crippen molar-refractivity contribution in [1.82, 2.24) is 19.9 Å². The van der Waals surface area contributed by atoms with Gasteiger partial charge in [0.25, 0.3) is 11.5 Å². The Bertz CT molecular complexity index is 1010. The first-order chi connectivity index (χ1) is 12.2. The highest BCUT2D eigenvalue weighted by molar-refractivity contribution is 5.94. The first kappa shape index (κ1) is 15.3. The Balaban J connectivity index is 1.92. The molecule has 0 radical (unpaired) electrons. The molecular formula is C18H16N4O3. The molecule has 2 heterocycles. The zero-order valence-electron chi connectivity index (χ0n) is 13.6. The van der Waals surface area contributed by atoms with Crippen LogP contribution in [0.25, 0.3) is 16.9 Å². The molecule has 0 spiro atoms. The van der Waals surface area contributed by atoms with Crippen molar-refractivity contribution >= 4 is 17.1 Å². The van der Waals surface area contributed by atoms with Crippen molar-refractivity contribution in [3.8, 4) is 11.4 Å². The summed E-state index contributed by atoms with van der Waals surface area (Å²) in [6, 6.07) is 10.6. The van der Waals surface area contributed by atoms with Crippen molar-refractivity contribution in [2.45, 2.75) is 18.9 Å². The summed E-state index contributed by atoms with van der Waals surface area (Å²) in [7, 11) is 1.57. The van der Waals surface area contributed by atoms with Crippen LogP contribution in [0, 0.1) is 0 Å². The number of methoxy groups -OCH3 is 1. The van der Waals surface area contributed by atoms with Crippen molar-refractivity contribution in [2.24, 2.45) is 0 Å². The molecule has 4 rings (SSSR count). The minimum absolute atomic E-state index is 0.122. The Kier molecular flexibility index (Phi) is 3.68. The van der Waals surface area contributed by atoms with E-state index in [4.69, 9.17) is 4.74 Å². The predicted octanol–water partition coefficient (Wildman–Crippen LogP) is 1.68. The lowest BCUT2D eigenvalue weighted by Gasteiger charge is -2.12. The lowest BCUT2D eigenvalue weighted by Crippen LogP contribution is -2.35. The molecule has 1 amide bonds. The average molecular weight is 336 g/mol. The molecule has 1 aliphatic carbocycles. The molecule has 7 nitrogen and oxygen atoms in total. The molecule has 1 aliphatic rings. The van der Waals surface area contributed by atoms with E-state index in [1.54, 1.807) is 49.7 Å². The second-order valence-electron chi connectivity index (χ2n) is 5.89. The van der Waals surface area contributed by atoms with Crippen LogP contribution in [0.4, 0.5) is 0 Å². The van der Waals surface area contributed by atoms with Crippen LogP contribution in [0.2, 0.25) is 0 Å². The molecule has 126 valence electrons. The summed E-state index contributed by atoms with van der Waals surface area (Å²) in [5.41, 5.74) is 0.870. The van der Waals surface area contributed by atoms with Crippen LogP contribution >= 0.6 is 0 Å². The molecule has 0 bridgehead atoms. The van der Waals surface area contributed by atoms with Gasteiger partial charge >= 0.3 is 0 Å². The number of benzene rings is 1. The number of amides is 1. The van der Waals surface area contributed by atoms with E-state index in [1.165, 1.54) is 4.57 Å². The number of pyridine rings is 1. The van der Waals surface area contributed by atoms with Crippen molar-refractivity contribution in [1.29, 1.82) is 0 Å². The molecule has 2 aromatic heterocycles. The van der Waals surface area contributed by atoms with E-state index in [-0.39, 0.29) is 11.7 Å². The fraction of sp³-hybridized carbons (Fsp3) is 0.222. The maximum absolute atomic E-state index is 12.9. The molecule has 0 saturated heterocycles. The number of nitrogens with one attached hydrogen (secondary N) is 1. The Hall–Kier alpha value is -3.22. The molecule has 0 atom stereocenters. The van der Waals surface area contributed by atoms with Gasteiger partial charge in [0.2, 0.25) is 0 Å². The topological polar surface area (TPSA) is 86.1 Å². The normalized spacial score (nSPS) is 13.6. The first-order valence-corrected chi connectivity index (χ1v) is 8.00. The highest BCUT2D eigenvalue weighted by atomic mass is 16.5. The second kappa shape index (κ2) is 6.01. The quantitative estimate of drug-likeness (QED) is 0.783. The Labute approximate surface area is 143 Å². The maximum atomic E-state index is 12.9. The number of rotatable bonds is 4. The van der Waals surface area contributed by atoms with Gasteiger partial charge < -0.3 is 10.1 Å². The maximum Gasteiger partial charge on any atom is 0.288 e. The van der Waals surface area contributed by atoms with Gasteiger partial charge in [-0.05, 0) is 49.2 Å². The number of fused-ring (bicyclic) bond motifs is 1. The van der Waals surface area contributed by atoms with Crippen LogP contribution in [-0.4, -0.2) is 33.6 Å². The molecule has 1 saturated carbocycles. The van der Waals surface area contributed by atoms with Crippen molar-refractivity contribution < 1.29 is 9.53 Å². The van der Waals surface area contributed by atoms with E-state index in [0.29, 0.717) is 22.6 Å². The third-order valence-electron chi connectivity index (χ3n) is 4.07. The fourth-order valence-corrected chi connectivity index (χ4v) is 2.62. The zero-order valence-corrected chi connectivity index (χ0v) is 13.6. The molecule has 1 aromatic carbocycles. The first-order valence-electron chi connectivity index (χ1n) is 8.00. The van der Waals surface area contributed by atoms with Crippen LogP contribution in [-0.2, 0) is 0 Å². The third-order valence-corrected chi connectivity index (χ3v) is 4.07. The minimum Gasteiger partial charge on any atom is -0.497 e. The lowest BCUT2D eigenvalue weighted by atomic mass is 10.2. The molecular weight excluding hydrogens is 320 g/mol. The molecule has 0 aliphatic heterocycles. The standard InChI is InChI=1S/C18H16N4O3/c1-25-13-8-6-12(7-9-13)22-16-14(3-2-10-19-16)21-15(18(22)24)17(23)20-11-4-5-11/h2-3,6-11H,4-5H2,1H3,(H,20,23). The molecule has 3 aromatic rings. The number of hydrogen-bond donors (Lipinski definition) is 1. The monoisotopic (exact) mass is 336 g/mol. The predicted molar refractivity (Wildman–Crippen MR) is 92.2 cm³/mol. The van der Waals surface area contributed by atoms with Gasteiger partial charge in [-0.2, -0.15) is 0 Å². The van der Waals surface area contributed by atoms with Gasteiger partial charge in [0, 0.05) is 12.2 Å². The number of nitrogens with zero attached hydrogens (tertiary/aromatic N) is 3. The number of carbonyl (C=O) groups is 1. The largest absolute Gasteiger partial charge is 0.497 e. The molecule has 1 fully saturated rings. The molecule has 25 heavy (non-hydrogen) atoms. The number of carbonyl (C=O) groups excluding carboxylic acids is 1. The Morgan fingerprint density at radius 3 is 2.68 bits per heavy atom.